The summed E-state index contributed by atoms with van der Waals surface area (Å²) < 4.78 is 19.2. The Bertz CT molecular complexity index is 705. The van der Waals surface area contributed by atoms with Crippen molar-refractivity contribution in [2.24, 2.45) is 0 Å². The Kier molecular flexibility index (Phi) is 5.11. The SMILES string of the molecule is O=C(NC(CCCO)c1ccccc1)C1Cc2cccc(F)c2O1. The minimum absolute atomic E-state index is 0.0653. The highest BCUT2D eigenvalue weighted by Crippen LogP contribution is 2.31. The summed E-state index contributed by atoms with van der Waals surface area (Å²) in [6.07, 6.45) is 0.846. The number of carbonyl (C=O) groups excluding carboxylic acids is 1. The monoisotopic (exact) mass is 329 g/mol. The maximum absolute atomic E-state index is 13.7. The number of hydrogen-bond acceptors (Lipinski definition) is 3. The fourth-order valence-electron chi connectivity index (χ4n) is 2.94. The molecule has 1 aliphatic rings. The number of aliphatic hydroxyl groups excluding tert-OH is 1. The molecule has 2 atom stereocenters. The molecule has 5 heteroatoms. The number of hydrogen-bond donors (Lipinski definition) is 2. The predicted octanol–water partition coefficient (Wildman–Crippen LogP) is 2.76. The van der Waals surface area contributed by atoms with Crippen molar-refractivity contribution < 1.29 is 19.0 Å². The maximum Gasteiger partial charge on any atom is 0.261 e. The lowest BCUT2D eigenvalue weighted by molar-refractivity contribution is -0.128. The van der Waals surface area contributed by atoms with Gasteiger partial charge in [0.05, 0.1) is 6.04 Å². The van der Waals surface area contributed by atoms with Crippen LogP contribution in [-0.4, -0.2) is 23.7 Å². The van der Waals surface area contributed by atoms with E-state index in [1.807, 2.05) is 30.3 Å². The highest BCUT2D eigenvalue weighted by molar-refractivity contribution is 5.83. The van der Waals surface area contributed by atoms with Crippen LogP contribution in [-0.2, 0) is 11.2 Å². The Balaban J connectivity index is 1.69. The van der Waals surface area contributed by atoms with Crippen molar-refractivity contribution in [3.63, 3.8) is 0 Å². The van der Waals surface area contributed by atoms with Gasteiger partial charge in [0.1, 0.15) is 0 Å². The summed E-state index contributed by atoms with van der Waals surface area (Å²) in [5, 5.41) is 12.0. The Morgan fingerprint density at radius 3 is 2.75 bits per heavy atom. The molecule has 0 bridgehead atoms. The van der Waals surface area contributed by atoms with Crippen LogP contribution < -0.4 is 10.1 Å². The third-order valence-electron chi connectivity index (χ3n) is 4.18. The van der Waals surface area contributed by atoms with E-state index in [0.29, 0.717) is 24.8 Å². The number of amides is 1. The number of nitrogens with one attached hydrogen (secondary N) is 1. The first-order valence-corrected chi connectivity index (χ1v) is 8.09. The molecule has 0 radical (unpaired) electrons. The molecule has 4 nitrogen and oxygen atoms in total. The molecule has 3 rings (SSSR count). The minimum Gasteiger partial charge on any atom is -0.477 e. The highest BCUT2D eigenvalue weighted by Gasteiger charge is 2.32. The number of benzene rings is 2. The van der Waals surface area contributed by atoms with Gasteiger partial charge in [0.15, 0.2) is 17.7 Å². The van der Waals surface area contributed by atoms with Crippen LogP contribution in [0.5, 0.6) is 5.75 Å². The fraction of sp³-hybridized carbons (Fsp3) is 0.316. The van der Waals surface area contributed by atoms with Crippen LogP contribution in [0.1, 0.15) is 30.0 Å². The minimum atomic E-state index is -0.725. The van der Waals surface area contributed by atoms with E-state index in [1.165, 1.54) is 6.07 Å². The summed E-state index contributed by atoms with van der Waals surface area (Å²) in [5.41, 5.74) is 1.68. The van der Waals surface area contributed by atoms with Gasteiger partial charge in [-0.15, -0.1) is 0 Å². The molecule has 126 valence electrons. The van der Waals surface area contributed by atoms with E-state index in [2.05, 4.69) is 5.32 Å². The topological polar surface area (TPSA) is 58.6 Å². The van der Waals surface area contributed by atoms with Crippen molar-refractivity contribution in [3.8, 4) is 5.75 Å². The third kappa shape index (κ3) is 3.57. The molecule has 24 heavy (non-hydrogen) atoms. The molecule has 0 saturated carbocycles. The van der Waals surface area contributed by atoms with Crippen molar-refractivity contribution in [3.05, 3.63) is 65.5 Å². The number of ether oxygens (including phenoxy) is 1. The number of fused-ring (bicyclic) bond motifs is 1. The molecule has 2 aromatic carbocycles. The van der Waals surface area contributed by atoms with Gasteiger partial charge in [0.2, 0.25) is 0 Å². The lowest BCUT2D eigenvalue weighted by Gasteiger charge is -2.21. The molecular weight excluding hydrogens is 309 g/mol. The Morgan fingerprint density at radius 1 is 1.25 bits per heavy atom. The Morgan fingerprint density at radius 2 is 2.04 bits per heavy atom. The summed E-state index contributed by atoms with van der Waals surface area (Å²) in [6, 6.07) is 14.1. The van der Waals surface area contributed by atoms with Gasteiger partial charge in [0, 0.05) is 18.6 Å². The summed E-state index contributed by atoms with van der Waals surface area (Å²) in [5.74, 6) is -0.538. The van der Waals surface area contributed by atoms with Crippen molar-refractivity contribution in [1.29, 1.82) is 0 Å². The molecule has 2 unspecified atom stereocenters. The molecule has 0 aromatic heterocycles. The van der Waals surface area contributed by atoms with E-state index in [9.17, 15) is 9.18 Å². The third-order valence-corrected chi connectivity index (χ3v) is 4.18. The molecule has 0 aliphatic carbocycles. The van der Waals surface area contributed by atoms with Gasteiger partial charge in [0.25, 0.3) is 5.91 Å². The van der Waals surface area contributed by atoms with Crippen molar-refractivity contribution in [2.45, 2.75) is 31.4 Å². The maximum atomic E-state index is 13.7. The van der Waals surface area contributed by atoms with Gasteiger partial charge >= 0.3 is 0 Å². The van der Waals surface area contributed by atoms with Gasteiger partial charge in [-0.1, -0.05) is 42.5 Å². The normalized spacial score (nSPS) is 17.0. The van der Waals surface area contributed by atoms with Crippen LogP contribution in [0.25, 0.3) is 0 Å². The van der Waals surface area contributed by atoms with Gasteiger partial charge in [-0.2, -0.15) is 0 Å². The standard InChI is InChI=1S/C19H20FNO3/c20-15-9-4-8-14-12-17(24-18(14)15)19(23)21-16(10-5-11-22)13-6-2-1-3-7-13/h1-4,6-9,16-17,22H,5,10-12H2,(H,21,23). The van der Waals surface area contributed by atoms with Crippen LogP contribution in [0.2, 0.25) is 0 Å². The molecule has 1 heterocycles. The lowest BCUT2D eigenvalue weighted by atomic mass is 10.0. The number of rotatable bonds is 6. The van der Waals surface area contributed by atoms with Crippen LogP contribution in [0.3, 0.4) is 0 Å². The zero-order valence-corrected chi connectivity index (χ0v) is 13.2. The molecule has 0 spiro atoms. The zero-order valence-electron chi connectivity index (χ0n) is 13.2. The van der Waals surface area contributed by atoms with E-state index >= 15 is 0 Å². The summed E-state index contributed by atoms with van der Waals surface area (Å²) in [4.78, 5) is 12.6. The second-order valence-electron chi connectivity index (χ2n) is 5.88. The second-order valence-corrected chi connectivity index (χ2v) is 5.88. The Hall–Kier alpha value is -2.40. The quantitative estimate of drug-likeness (QED) is 0.857. The van der Waals surface area contributed by atoms with Crippen molar-refractivity contribution >= 4 is 5.91 Å². The molecule has 2 N–H and O–H groups in total. The average molecular weight is 329 g/mol. The first-order chi connectivity index (χ1) is 11.7. The fourth-order valence-corrected chi connectivity index (χ4v) is 2.94. The van der Waals surface area contributed by atoms with Crippen LogP contribution in [0, 0.1) is 5.82 Å². The first kappa shape index (κ1) is 16.5. The van der Waals surface area contributed by atoms with Gasteiger partial charge in [-0.3, -0.25) is 4.79 Å². The second kappa shape index (κ2) is 7.45. The van der Waals surface area contributed by atoms with Crippen LogP contribution in [0.4, 0.5) is 4.39 Å². The van der Waals surface area contributed by atoms with Crippen LogP contribution in [0.15, 0.2) is 48.5 Å². The van der Waals surface area contributed by atoms with Gasteiger partial charge in [-0.05, 0) is 24.5 Å². The van der Waals surface area contributed by atoms with Crippen molar-refractivity contribution in [2.75, 3.05) is 6.61 Å². The molecular formula is C19H20FNO3. The highest BCUT2D eigenvalue weighted by atomic mass is 19.1. The van der Waals surface area contributed by atoms with E-state index in [4.69, 9.17) is 9.84 Å². The largest absolute Gasteiger partial charge is 0.477 e. The van der Waals surface area contributed by atoms with E-state index < -0.39 is 11.9 Å². The smallest absolute Gasteiger partial charge is 0.261 e. The van der Waals surface area contributed by atoms with Crippen molar-refractivity contribution in [1.82, 2.24) is 5.32 Å². The van der Waals surface area contributed by atoms with E-state index in [-0.39, 0.29) is 24.3 Å². The first-order valence-electron chi connectivity index (χ1n) is 8.09. The molecule has 1 amide bonds. The average Bonchev–Trinajstić information content (AvgIpc) is 3.05. The van der Waals surface area contributed by atoms with Crippen LogP contribution >= 0.6 is 0 Å². The number of para-hydroxylation sites is 1. The Labute approximate surface area is 140 Å². The van der Waals surface area contributed by atoms with E-state index in [0.717, 1.165) is 5.56 Å². The summed E-state index contributed by atoms with van der Waals surface area (Å²) in [6.45, 7) is 0.0653. The molecule has 0 saturated heterocycles. The van der Waals surface area contributed by atoms with Gasteiger partial charge in [-0.25, -0.2) is 4.39 Å². The predicted molar refractivity (Wildman–Crippen MR) is 88.2 cm³/mol. The molecule has 2 aromatic rings. The number of aliphatic hydroxyl groups is 1. The van der Waals surface area contributed by atoms with Gasteiger partial charge < -0.3 is 15.2 Å². The number of halogens is 1. The van der Waals surface area contributed by atoms with E-state index in [1.54, 1.807) is 12.1 Å². The molecule has 0 fully saturated rings. The number of carbonyl (C=O) groups is 1. The lowest BCUT2D eigenvalue weighted by Crippen LogP contribution is -2.39. The molecule has 1 aliphatic heterocycles. The zero-order chi connectivity index (χ0) is 16.9. The summed E-state index contributed by atoms with van der Waals surface area (Å²) >= 11 is 0. The summed E-state index contributed by atoms with van der Waals surface area (Å²) in [7, 11) is 0.